The lowest BCUT2D eigenvalue weighted by molar-refractivity contribution is -0.139. The number of carboxylic acid groups (broad SMARTS) is 1. The van der Waals surface area contributed by atoms with E-state index in [1.54, 1.807) is 11.0 Å². The lowest BCUT2D eigenvalue weighted by atomic mass is 10.1. The molecule has 0 radical (unpaired) electrons. The Hall–Kier alpha value is -1.14. The molecule has 18 heavy (non-hydrogen) atoms. The second-order valence-corrected chi connectivity index (χ2v) is 7.67. The molecule has 0 aliphatic heterocycles. The van der Waals surface area contributed by atoms with Crippen LogP contribution >= 0.6 is 0 Å². The van der Waals surface area contributed by atoms with Gasteiger partial charge in [0, 0.05) is 18.2 Å². The van der Waals surface area contributed by atoms with Crippen molar-refractivity contribution in [1.82, 2.24) is 4.90 Å². The summed E-state index contributed by atoms with van der Waals surface area (Å²) in [7, 11) is -1.36. The minimum Gasteiger partial charge on any atom is -0.520 e. The minimum absolute atomic E-state index is 0.0538. The lowest BCUT2D eigenvalue weighted by Gasteiger charge is -2.33. The summed E-state index contributed by atoms with van der Waals surface area (Å²) in [6, 6.07) is 0. The van der Waals surface area contributed by atoms with E-state index in [-0.39, 0.29) is 18.1 Å². The molecule has 0 aromatic carbocycles. The molecule has 5 nitrogen and oxygen atoms in total. The number of hydrogen-bond acceptors (Lipinski definition) is 4. The Morgan fingerprint density at radius 1 is 1.33 bits per heavy atom. The van der Waals surface area contributed by atoms with Crippen LogP contribution in [-0.2, 0) is 14.0 Å². The van der Waals surface area contributed by atoms with Crippen molar-refractivity contribution < 1.29 is 19.1 Å². The van der Waals surface area contributed by atoms with E-state index in [1.165, 1.54) is 6.08 Å². The van der Waals surface area contributed by atoms with Gasteiger partial charge in [-0.15, -0.1) is 0 Å². The molecule has 0 unspecified atom stereocenters. The van der Waals surface area contributed by atoms with Gasteiger partial charge in [0.15, 0.2) is 0 Å². The number of nitrogens with zero attached hydrogens (tertiary/aromatic N) is 1. The van der Waals surface area contributed by atoms with Gasteiger partial charge >= 0.3 is 11.9 Å². The Balaban J connectivity index is 4.39. The van der Waals surface area contributed by atoms with Gasteiger partial charge in [0.05, 0.1) is 6.54 Å². The SMILES string of the molecule is C[SiH](C)OC(=O)C=CCN(CC(=O)O)C(C)(C)C. The van der Waals surface area contributed by atoms with E-state index in [4.69, 9.17) is 9.53 Å². The van der Waals surface area contributed by atoms with Gasteiger partial charge in [0.1, 0.15) is 0 Å². The molecule has 0 rings (SSSR count). The monoisotopic (exact) mass is 273 g/mol. The molecule has 0 aliphatic carbocycles. The van der Waals surface area contributed by atoms with E-state index in [2.05, 4.69) is 0 Å². The molecule has 6 heteroatoms. The highest BCUT2D eigenvalue weighted by atomic mass is 28.3. The number of carbonyl (C=O) groups is 2. The molecular formula is C12H23NO4Si. The molecule has 0 aromatic heterocycles. The average Bonchev–Trinajstić information content (AvgIpc) is 2.12. The molecule has 1 N–H and O–H groups in total. The molecular weight excluding hydrogens is 250 g/mol. The number of rotatable bonds is 6. The van der Waals surface area contributed by atoms with Gasteiger partial charge in [-0.2, -0.15) is 0 Å². The highest BCUT2D eigenvalue weighted by Crippen LogP contribution is 2.12. The Bertz CT molecular complexity index is 321. The van der Waals surface area contributed by atoms with Gasteiger partial charge in [0.2, 0.25) is 9.04 Å². The minimum atomic E-state index is -1.36. The van der Waals surface area contributed by atoms with Crippen molar-refractivity contribution in [3.05, 3.63) is 12.2 Å². The topological polar surface area (TPSA) is 66.8 Å². The second kappa shape index (κ2) is 7.33. The molecule has 0 fully saturated rings. The van der Waals surface area contributed by atoms with E-state index < -0.39 is 15.0 Å². The van der Waals surface area contributed by atoms with E-state index in [1.807, 2.05) is 33.9 Å². The van der Waals surface area contributed by atoms with Crippen molar-refractivity contribution >= 4 is 21.0 Å². The Kier molecular flexibility index (Phi) is 6.86. The highest BCUT2D eigenvalue weighted by Gasteiger charge is 2.22. The first-order valence-electron chi connectivity index (χ1n) is 5.97. The lowest BCUT2D eigenvalue weighted by Crippen LogP contribution is -2.44. The number of carbonyl (C=O) groups excluding carboxylic acids is 1. The predicted molar refractivity (Wildman–Crippen MR) is 73.1 cm³/mol. The van der Waals surface area contributed by atoms with Gasteiger partial charge < -0.3 is 9.53 Å². The number of aliphatic carboxylic acids is 1. The first kappa shape index (κ1) is 16.9. The average molecular weight is 273 g/mol. The Morgan fingerprint density at radius 3 is 2.28 bits per heavy atom. The van der Waals surface area contributed by atoms with Gasteiger partial charge in [-0.05, 0) is 33.9 Å². The molecule has 0 spiro atoms. The molecule has 0 amide bonds. The smallest absolute Gasteiger partial charge is 0.317 e. The van der Waals surface area contributed by atoms with Gasteiger partial charge in [-0.1, -0.05) is 6.08 Å². The van der Waals surface area contributed by atoms with Crippen molar-refractivity contribution in [2.24, 2.45) is 0 Å². The molecule has 0 heterocycles. The van der Waals surface area contributed by atoms with Crippen LogP contribution in [0.25, 0.3) is 0 Å². The maximum atomic E-state index is 11.3. The third kappa shape index (κ3) is 8.02. The van der Waals surface area contributed by atoms with Crippen LogP contribution in [-0.4, -0.2) is 49.6 Å². The van der Waals surface area contributed by atoms with Crippen molar-refractivity contribution in [2.75, 3.05) is 13.1 Å². The van der Waals surface area contributed by atoms with Crippen LogP contribution in [0.15, 0.2) is 12.2 Å². The summed E-state index contributed by atoms with van der Waals surface area (Å²) in [4.78, 5) is 23.8. The quantitative estimate of drug-likeness (QED) is 0.583. The van der Waals surface area contributed by atoms with E-state index in [9.17, 15) is 9.59 Å². The van der Waals surface area contributed by atoms with Gasteiger partial charge in [-0.3, -0.25) is 9.69 Å². The molecule has 0 saturated carbocycles. The van der Waals surface area contributed by atoms with Crippen molar-refractivity contribution in [1.29, 1.82) is 0 Å². The fourth-order valence-corrected chi connectivity index (χ4v) is 1.83. The fourth-order valence-electron chi connectivity index (χ4n) is 1.29. The summed E-state index contributed by atoms with van der Waals surface area (Å²) in [5.74, 6) is -1.23. The molecule has 0 aliphatic rings. The van der Waals surface area contributed by atoms with Crippen LogP contribution in [0.3, 0.4) is 0 Å². The van der Waals surface area contributed by atoms with Crippen LogP contribution in [0.1, 0.15) is 20.8 Å². The zero-order valence-electron chi connectivity index (χ0n) is 11.8. The number of carboxylic acids is 1. The highest BCUT2D eigenvalue weighted by molar-refractivity contribution is 6.50. The van der Waals surface area contributed by atoms with Gasteiger partial charge in [-0.25, -0.2) is 4.79 Å². The number of hydrogen-bond donors (Lipinski definition) is 1. The van der Waals surface area contributed by atoms with Crippen LogP contribution < -0.4 is 0 Å². The maximum Gasteiger partial charge on any atom is 0.317 e. The maximum absolute atomic E-state index is 11.3. The van der Waals surface area contributed by atoms with Crippen LogP contribution in [0.4, 0.5) is 0 Å². The predicted octanol–water partition coefficient (Wildman–Crippen LogP) is 1.25. The summed E-state index contributed by atoms with van der Waals surface area (Å²) in [5, 5.41) is 8.82. The van der Waals surface area contributed by atoms with E-state index in [0.29, 0.717) is 6.54 Å². The zero-order chi connectivity index (χ0) is 14.3. The summed E-state index contributed by atoms with van der Waals surface area (Å²) >= 11 is 0. The van der Waals surface area contributed by atoms with Crippen LogP contribution in [0.5, 0.6) is 0 Å². The molecule has 104 valence electrons. The second-order valence-electron chi connectivity index (χ2n) is 5.33. The van der Waals surface area contributed by atoms with E-state index >= 15 is 0 Å². The van der Waals surface area contributed by atoms with Crippen molar-refractivity contribution in [3.63, 3.8) is 0 Å². The summed E-state index contributed by atoms with van der Waals surface area (Å²) in [5.41, 5.74) is -0.264. The summed E-state index contributed by atoms with van der Waals surface area (Å²) in [6.45, 7) is 9.98. The van der Waals surface area contributed by atoms with Crippen molar-refractivity contribution in [3.8, 4) is 0 Å². The molecule has 0 bridgehead atoms. The summed E-state index contributed by atoms with van der Waals surface area (Å²) < 4.78 is 5.08. The fraction of sp³-hybridized carbons (Fsp3) is 0.667. The molecule has 0 aromatic rings. The molecule has 0 atom stereocenters. The Morgan fingerprint density at radius 2 is 1.89 bits per heavy atom. The largest absolute Gasteiger partial charge is 0.520 e. The van der Waals surface area contributed by atoms with E-state index in [0.717, 1.165) is 0 Å². The Labute approximate surface area is 110 Å². The standard InChI is InChI=1S/C12H23NO4Si/c1-12(2,3)13(9-10(14)15)8-6-7-11(16)17-18(4)5/h6-7,18H,8-9H2,1-5H3,(H,14,15). The normalized spacial score (nSPS) is 12.4. The van der Waals surface area contributed by atoms with Crippen molar-refractivity contribution in [2.45, 2.75) is 39.4 Å². The molecule has 0 saturated heterocycles. The third-order valence-electron chi connectivity index (χ3n) is 2.21. The first-order chi connectivity index (χ1) is 8.12. The summed E-state index contributed by atoms with van der Waals surface area (Å²) in [6.07, 6.45) is 3.01. The zero-order valence-corrected chi connectivity index (χ0v) is 12.9. The van der Waals surface area contributed by atoms with Crippen LogP contribution in [0, 0.1) is 0 Å². The third-order valence-corrected chi connectivity index (χ3v) is 2.91. The van der Waals surface area contributed by atoms with Gasteiger partial charge in [0.25, 0.3) is 0 Å². The first-order valence-corrected chi connectivity index (χ1v) is 8.75. The van der Waals surface area contributed by atoms with Crippen LogP contribution in [0.2, 0.25) is 13.1 Å².